The second-order valence-electron chi connectivity index (χ2n) is 15.5. The fourth-order valence-electron chi connectivity index (χ4n) is 6.49. The maximum absolute atomic E-state index is 14.1. The van der Waals surface area contributed by atoms with Crippen LogP contribution in [0.2, 0.25) is 0 Å². The quantitative estimate of drug-likeness (QED) is 0.0838. The van der Waals surface area contributed by atoms with Crippen LogP contribution < -0.4 is 20.7 Å². The number of nitrogens with zero attached hydrogens (tertiary/aromatic N) is 2. The van der Waals surface area contributed by atoms with Crippen LogP contribution in [0, 0.1) is 17.8 Å². The van der Waals surface area contributed by atoms with Gasteiger partial charge in [-0.05, 0) is 69.9 Å². The molecule has 3 rings (SSSR count). The van der Waals surface area contributed by atoms with Crippen molar-refractivity contribution in [2.75, 3.05) is 14.1 Å². The summed E-state index contributed by atoms with van der Waals surface area (Å²) >= 11 is 1.14. The smallest absolute Gasteiger partial charge is 0.303 e. The number of likely N-dealkylation sites (N-methyl/N-ethyl adjacent to an activating group) is 2. The van der Waals surface area contributed by atoms with Crippen LogP contribution in [0.5, 0.6) is 0 Å². The van der Waals surface area contributed by atoms with Gasteiger partial charge >= 0.3 is 5.97 Å². The van der Waals surface area contributed by atoms with E-state index in [1.165, 1.54) is 11.8 Å². The molecule has 0 saturated heterocycles. The molecule has 3 amide bonds. The number of ether oxygens (including phenoxy) is 1. The molecular weight excluding hydrogens is 757 g/mol. The lowest BCUT2D eigenvalue weighted by molar-refractivity contribution is -0.147. The Hall–Kier alpha value is -3.70. The van der Waals surface area contributed by atoms with Gasteiger partial charge in [-0.25, -0.2) is 13.4 Å². The van der Waals surface area contributed by atoms with E-state index in [0.29, 0.717) is 36.4 Å². The number of esters is 1. The number of hydrogen-bond acceptors (Lipinski definition) is 11. The number of nitrogens with one attached hydrogen (secondary N) is 4. The summed E-state index contributed by atoms with van der Waals surface area (Å²) in [7, 11) is -0.283. The van der Waals surface area contributed by atoms with Crippen molar-refractivity contribution in [1.82, 2.24) is 30.6 Å². The third-order valence-corrected chi connectivity index (χ3v) is 13.0. The maximum atomic E-state index is 14.1. The van der Waals surface area contributed by atoms with Gasteiger partial charge in [0, 0.05) is 37.5 Å². The van der Waals surface area contributed by atoms with Crippen LogP contribution >= 0.6 is 11.3 Å². The van der Waals surface area contributed by atoms with E-state index in [-0.39, 0.29) is 42.2 Å². The number of carbonyl (C=O) groups excluding carboxylic acids is 4. The summed E-state index contributed by atoms with van der Waals surface area (Å²) in [5.41, 5.74) is 2.40. The summed E-state index contributed by atoms with van der Waals surface area (Å²) in [4.78, 5) is 59.6. The number of benzene rings is 1. The molecule has 312 valence electrons. The highest BCUT2D eigenvalue weighted by atomic mass is 32.2. The molecule has 7 atom stereocenters. The number of aliphatic hydroxyl groups is 1. The van der Waals surface area contributed by atoms with E-state index in [0.717, 1.165) is 22.5 Å². The van der Waals surface area contributed by atoms with Gasteiger partial charge < -0.3 is 30.7 Å². The molecule has 2 aromatic rings. The zero-order valence-corrected chi connectivity index (χ0v) is 36.1. The molecule has 0 bridgehead atoms. The van der Waals surface area contributed by atoms with Crippen LogP contribution in [-0.4, -0.2) is 90.8 Å². The van der Waals surface area contributed by atoms with Crippen molar-refractivity contribution in [1.29, 1.82) is 0 Å². The lowest BCUT2D eigenvalue weighted by atomic mass is 9.95. The molecular formula is C40H62N6O8S2. The van der Waals surface area contributed by atoms with Crippen molar-refractivity contribution in [3.05, 3.63) is 63.2 Å². The highest BCUT2D eigenvalue weighted by Crippen LogP contribution is 2.32. The molecule has 1 fully saturated rings. The minimum absolute atomic E-state index is 0.000220. The number of sulfonamides is 1. The standard InChI is InChI=1S/C40H62N6O8S2/c1-11-25(6)35(44-38(50)34(41-9)24(4)5)40(51)46(10)32(23(2)3)21-33(54-27(8)47)39-43-31(22-55-39)37(49)42-29(20-28-15-13-12-14-16-28)19-26(7)36(48)45-56(52,53)30-17-18-30/h12-16,22,24-26,29-30,33-36,41,45,48H,11,17-21H2,1-10H3,(H,42,49)(H,44,50)/t25-,26-,29+,33+,34-,35-,36?/m0/s1. The number of hydrogen-bond donors (Lipinski definition) is 5. The average molecular weight is 819 g/mol. The summed E-state index contributed by atoms with van der Waals surface area (Å²) < 4.78 is 33.1. The molecule has 1 heterocycles. The van der Waals surface area contributed by atoms with Gasteiger partial charge in [-0.2, -0.15) is 4.72 Å². The number of amides is 3. The lowest BCUT2D eigenvalue weighted by Gasteiger charge is -2.32. The van der Waals surface area contributed by atoms with Gasteiger partial charge in [0.15, 0.2) is 6.10 Å². The van der Waals surface area contributed by atoms with E-state index in [9.17, 15) is 32.7 Å². The summed E-state index contributed by atoms with van der Waals surface area (Å²) in [6.07, 6.45) is 0.271. The first kappa shape index (κ1) is 46.7. The van der Waals surface area contributed by atoms with E-state index in [1.54, 1.807) is 26.4 Å². The van der Waals surface area contributed by atoms with E-state index < -0.39 is 63.5 Å². The maximum Gasteiger partial charge on any atom is 0.303 e. The van der Waals surface area contributed by atoms with Crippen LogP contribution in [0.4, 0.5) is 0 Å². The Labute approximate surface area is 336 Å². The largest absolute Gasteiger partial charge is 0.455 e. The SMILES string of the molecule is CC[C@H](C)[C@H](NC(=O)[C@@H](NC)C(C)C)C(=O)N(C)C(C[C@@H](OC(C)=O)c1nc(C(=O)N[C@@H](Cc2ccccc2)C[C@H](C)C(O)NS(=O)(=O)C2CC2)cs1)=C(C)C. The fraction of sp³-hybridized carbons (Fsp3) is 0.625. The molecule has 1 saturated carbocycles. The first-order valence-corrected chi connectivity index (χ1v) is 21.8. The predicted octanol–water partition coefficient (Wildman–Crippen LogP) is 4.43. The highest BCUT2D eigenvalue weighted by Gasteiger charge is 2.38. The highest BCUT2D eigenvalue weighted by molar-refractivity contribution is 7.90. The molecule has 0 spiro atoms. The van der Waals surface area contributed by atoms with Crippen molar-refractivity contribution in [3.8, 4) is 0 Å². The second-order valence-corrected chi connectivity index (χ2v) is 18.4. The Bertz CT molecular complexity index is 1770. The van der Waals surface area contributed by atoms with Gasteiger partial charge in [0.1, 0.15) is 23.0 Å². The Morgan fingerprint density at radius 3 is 2.18 bits per heavy atom. The summed E-state index contributed by atoms with van der Waals surface area (Å²) in [5, 5.41) is 21.2. The predicted molar refractivity (Wildman–Crippen MR) is 218 cm³/mol. The van der Waals surface area contributed by atoms with E-state index >= 15 is 0 Å². The number of aromatic nitrogens is 1. The minimum atomic E-state index is -3.63. The van der Waals surface area contributed by atoms with Gasteiger partial charge in [-0.1, -0.05) is 76.9 Å². The molecule has 14 nitrogen and oxygen atoms in total. The summed E-state index contributed by atoms with van der Waals surface area (Å²) in [5.74, 6) is -2.35. The molecule has 0 aliphatic heterocycles. The molecule has 16 heteroatoms. The fourth-order valence-corrected chi connectivity index (χ4v) is 8.84. The number of carbonyl (C=O) groups is 4. The van der Waals surface area contributed by atoms with Gasteiger partial charge in [-0.15, -0.1) is 11.3 Å². The zero-order valence-electron chi connectivity index (χ0n) is 34.4. The minimum Gasteiger partial charge on any atom is -0.455 e. The second kappa shape index (κ2) is 21.2. The molecule has 0 radical (unpaired) electrons. The molecule has 1 unspecified atom stereocenters. The molecule has 1 aromatic heterocycles. The van der Waals surface area contributed by atoms with Crippen LogP contribution in [0.3, 0.4) is 0 Å². The van der Waals surface area contributed by atoms with Crippen molar-refractivity contribution in [2.24, 2.45) is 17.8 Å². The van der Waals surface area contributed by atoms with Crippen LogP contribution in [0.15, 0.2) is 47.0 Å². The monoisotopic (exact) mass is 818 g/mol. The normalized spacial score (nSPS) is 16.8. The summed E-state index contributed by atoms with van der Waals surface area (Å²) in [6, 6.07) is 7.72. The van der Waals surface area contributed by atoms with Crippen LogP contribution in [0.1, 0.15) is 115 Å². The van der Waals surface area contributed by atoms with Crippen LogP contribution in [0.25, 0.3) is 0 Å². The number of allylic oxidation sites excluding steroid dienone is 1. The van der Waals surface area contributed by atoms with Crippen LogP contribution in [-0.2, 0) is 35.6 Å². The molecule has 5 N–H and O–H groups in total. The Morgan fingerprint density at radius 1 is 1.00 bits per heavy atom. The molecule has 56 heavy (non-hydrogen) atoms. The Morgan fingerprint density at radius 2 is 1.64 bits per heavy atom. The van der Waals surface area contributed by atoms with Crippen molar-refractivity contribution in [2.45, 2.75) is 130 Å². The van der Waals surface area contributed by atoms with Gasteiger partial charge in [0.05, 0.1) is 11.3 Å². The van der Waals surface area contributed by atoms with Gasteiger partial charge in [-0.3, -0.25) is 19.2 Å². The number of thiazole rings is 1. The topological polar surface area (TPSA) is 196 Å². The van der Waals surface area contributed by atoms with Gasteiger partial charge in [0.25, 0.3) is 5.91 Å². The van der Waals surface area contributed by atoms with Crippen molar-refractivity contribution >= 4 is 45.1 Å². The van der Waals surface area contributed by atoms with E-state index in [4.69, 9.17) is 4.74 Å². The Kier molecular flexibility index (Phi) is 17.6. The number of rotatable bonds is 22. The average Bonchev–Trinajstić information content (AvgIpc) is 3.89. The zero-order chi connectivity index (χ0) is 41.9. The third kappa shape index (κ3) is 13.5. The third-order valence-electron chi connectivity index (χ3n) is 10.2. The first-order valence-electron chi connectivity index (χ1n) is 19.4. The van der Waals surface area contributed by atoms with Gasteiger partial charge in [0.2, 0.25) is 21.8 Å². The molecule has 1 aliphatic carbocycles. The summed E-state index contributed by atoms with van der Waals surface area (Å²) in [6.45, 7) is 14.4. The first-order chi connectivity index (χ1) is 26.3. The number of aliphatic hydroxyl groups excluding tert-OH is 1. The van der Waals surface area contributed by atoms with Crippen molar-refractivity contribution in [3.63, 3.8) is 0 Å². The molecule has 1 aromatic carbocycles. The van der Waals surface area contributed by atoms with Crippen molar-refractivity contribution < 1.29 is 37.4 Å². The molecule has 1 aliphatic rings. The van der Waals surface area contributed by atoms with E-state index in [1.807, 2.05) is 71.9 Å². The van der Waals surface area contributed by atoms with E-state index in [2.05, 4.69) is 25.7 Å². The lowest BCUT2D eigenvalue weighted by Crippen LogP contribution is -2.56. The Balaban J connectivity index is 1.83.